The van der Waals surface area contributed by atoms with Crippen molar-refractivity contribution in [3.8, 4) is 10.8 Å². The van der Waals surface area contributed by atoms with Crippen LogP contribution in [-0.4, -0.2) is 22.2 Å². The first-order valence-electron chi connectivity index (χ1n) is 6.45. The first-order chi connectivity index (χ1) is 9.56. The van der Waals surface area contributed by atoms with Crippen LogP contribution in [0.2, 0.25) is 0 Å². The maximum atomic E-state index is 11.7. The molecular weight excluding hydrogens is 278 g/mol. The van der Waals surface area contributed by atoms with Gasteiger partial charge in [0.1, 0.15) is 6.54 Å². The Balaban J connectivity index is 1.96. The number of thiophene rings is 1. The van der Waals surface area contributed by atoms with Crippen LogP contribution >= 0.6 is 11.3 Å². The van der Waals surface area contributed by atoms with Crippen LogP contribution < -0.4 is 11.1 Å². The second-order valence-electron chi connectivity index (χ2n) is 4.84. The van der Waals surface area contributed by atoms with E-state index in [0.29, 0.717) is 12.5 Å². The van der Waals surface area contributed by atoms with E-state index >= 15 is 0 Å². The molecule has 2 heterocycles. The molecule has 0 aromatic carbocycles. The van der Waals surface area contributed by atoms with E-state index < -0.39 is 5.76 Å². The van der Waals surface area contributed by atoms with Gasteiger partial charge in [0.05, 0.1) is 4.88 Å². The molecule has 0 radical (unpaired) electrons. The van der Waals surface area contributed by atoms with E-state index in [1.54, 1.807) is 0 Å². The molecule has 0 atom stereocenters. The van der Waals surface area contributed by atoms with E-state index in [2.05, 4.69) is 24.3 Å². The van der Waals surface area contributed by atoms with E-state index in [4.69, 9.17) is 4.42 Å². The van der Waals surface area contributed by atoms with Gasteiger partial charge in [-0.25, -0.2) is 4.79 Å². The maximum absolute atomic E-state index is 11.7. The van der Waals surface area contributed by atoms with Crippen molar-refractivity contribution in [3.05, 3.63) is 28.1 Å². The van der Waals surface area contributed by atoms with Gasteiger partial charge in [0.15, 0.2) is 0 Å². The van der Waals surface area contributed by atoms with Crippen LogP contribution in [0.4, 0.5) is 0 Å². The summed E-state index contributed by atoms with van der Waals surface area (Å²) in [6.07, 6.45) is 0.903. The molecule has 1 amide bonds. The molecule has 7 heteroatoms. The van der Waals surface area contributed by atoms with Gasteiger partial charge in [-0.3, -0.25) is 4.79 Å². The second-order valence-corrected chi connectivity index (χ2v) is 5.79. The molecule has 0 fully saturated rings. The molecule has 0 unspecified atom stereocenters. The van der Waals surface area contributed by atoms with Crippen molar-refractivity contribution in [2.24, 2.45) is 5.92 Å². The summed E-state index contributed by atoms with van der Waals surface area (Å²) in [6.45, 7) is 4.65. The molecule has 2 rings (SSSR count). The van der Waals surface area contributed by atoms with Crippen molar-refractivity contribution in [1.29, 1.82) is 0 Å². The Bertz CT molecular complexity index is 613. The predicted octanol–water partition coefficient (Wildman–Crippen LogP) is 1.73. The predicted molar refractivity (Wildman–Crippen MR) is 76.5 cm³/mol. The Morgan fingerprint density at radius 3 is 3.00 bits per heavy atom. The van der Waals surface area contributed by atoms with Crippen LogP contribution in [0.15, 0.2) is 26.7 Å². The molecule has 6 nitrogen and oxygen atoms in total. The van der Waals surface area contributed by atoms with E-state index in [-0.39, 0.29) is 18.3 Å². The van der Waals surface area contributed by atoms with Gasteiger partial charge < -0.3 is 9.73 Å². The molecule has 0 saturated heterocycles. The van der Waals surface area contributed by atoms with Crippen molar-refractivity contribution in [2.45, 2.75) is 26.8 Å². The minimum Gasteiger partial charge on any atom is -0.387 e. The fourth-order valence-electron chi connectivity index (χ4n) is 1.60. The fraction of sp³-hybridized carbons (Fsp3) is 0.462. The summed E-state index contributed by atoms with van der Waals surface area (Å²) in [5, 5.41) is 8.65. The highest BCUT2D eigenvalue weighted by Gasteiger charge is 2.13. The number of nitrogens with zero attached hydrogens (tertiary/aromatic N) is 2. The number of nitrogens with one attached hydrogen (secondary N) is 1. The molecule has 2 aromatic rings. The molecule has 20 heavy (non-hydrogen) atoms. The summed E-state index contributed by atoms with van der Waals surface area (Å²) < 4.78 is 6.07. The minimum absolute atomic E-state index is 0.119. The maximum Gasteiger partial charge on any atom is 0.437 e. The van der Waals surface area contributed by atoms with Crippen molar-refractivity contribution >= 4 is 17.2 Å². The van der Waals surface area contributed by atoms with Crippen molar-refractivity contribution in [3.63, 3.8) is 0 Å². The third-order valence-corrected chi connectivity index (χ3v) is 3.53. The SMILES string of the molecule is CC(C)CCNC(=O)Cn1nc(-c2cccs2)oc1=O. The largest absolute Gasteiger partial charge is 0.437 e. The van der Waals surface area contributed by atoms with Gasteiger partial charge in [-0.2, -0.15) is 4.68 Å². The molecule has 2 aromatic heterocycles. The molecule has 0 spiro atoms. The number of amides is 1. The van der Waals surface area contributed by atoms with Gasteiger partial charge in [0.25, 0.3) is 5.89 Å². The Kier molecular flexibility index (Phi) is 4.73. The van der Waals surface area contributed by atoms with E-state index in [9.17, 15) is 9.59 Å². The van der Waals surface area contributed by atoms with Crippen molar-refractivity contribution in [1.82, 2.24) is 15.1 Å². The summed E-state index contributed by atoms with van der Waals surface area (Å²) in [5.74, 6) is -0.0818. The van der Waals surface area contributed by atoms with Crippen LogP contribution in [-0.2, 0) is 11.3 Å². The number of hydrogen-bond donors (Lipinski definition) is 1. The number of aromatic nitrogens is 2. The summed E-state index contributed by atoms with van der Waals surface area (Å²) in [7, 11) is 0. The topological polar surface area (TPSA) is 77.1 Å². The van der Waals surface area contributed by atoms with E-state index in [0.717, 1.165) is 16.0 Å². The third-order valence-electron chi connectivity index (χ3n) is 2.68. The quantitative estimate of drug-likeness (QED) is 0.880. The number of carbonyl (C=O) groups excluding carboxylic acids is 1. The highest BCUT2D eigenvalue weighted by Crippen LogP contribution is 2.20. The molecule has 1 N–H and O–H groups in total. The zero-order chi connectivity index (χ0) is 14.5. The van der Waals surface area contributed by atoms with Gasteiger partial charge in [0.2, 0.25) is 5.91 Å². The molecular formula is C13H17N3O3S. The van der Waals surface area contributed by atoms with Crippen LogP contribution in [0.3, 0.4) is 0 Å². The molecule has 108 valence electrons. The lowest BCUT2D eigenvalue weighted by Crippen LogP contribution is -2.32. The lowest BCUT2D eigenvalue weighted by Gasteiger charge is -2.06. The summed E-state index contributed by atoms with van der Waals surface area (Å²) in [6, 6.07) is 3.65. The first-order valence-corrected chi connectivity index (χ1v) is 7.32. The fourth-order valence-corrected chi connectivity index (χ4v) is 2.24. The van der Waals surface area contributed by atoms with Gasteiger partial charge in [-0.05, 0) is 23.8 Å². The summed E-state index contributed by atoms with van der Waals surface area (Å²) >= 11 is 1.42. The molecule has 0 bridgehead atoms. The van der Waals surface area contributed by atoms with Crippen LogP contribution in [0, 0.1) is 5.92 Å². The third kappa shape index (κ3) is 3.80. The highest BCUT2D eigenvalue weighted by atomic mass is 32.1. The van der Waals surface area contributed by atoms with Crippen LogP contribution in [0.1, 0.15) is 20.3 Å². The Morgan fingerprint density at radius 2 is 2.35 bits per heavy atom. The summed E-state index contributed by atoms with van der Waals surface area (Å²) in [4.78, 5) is 24.1. The Hall–Kier alpha value is -1.89. The lowest BCUT2D eigenvalue weighted by molar-refractivity contribution is -0.121. The first kappa shape index (κ1) is 14.5. The van der Waals surface area contributed by atoms with Crippen LogP contribution in [0.25, 0.3) is 10.8 Å². The van der Waals surface area contributed by atoms with Crippen molar-refractivity contribution < 1.29 is 9.21 Å². The smallest absolute Gasteiger partial charge is 0.387 e. The molecule has 0 aliphatic rings. The van der Waals surface area contributed by atoms with Gasteiger partial charge in [-0.1, -0.05) is 19.9 Å². The van der Waals surface area contributed by atoms with Crippen molar-refractivity contribution in [2.75, 3.05) is 6.54 Å². The number of carbonyl (C=O) groups is 1. The van der Waals surface area contributed by atoms with Gasteiger partial charge >= 0.3 is 5.76 Å². The monoisotopic (exact) mass is 295 g/mol. The van der Waals surface area contributed by atoms with Gasteiger partial charge in [-0.15, -0.1) is 16.4 Å². The Morgan fingerprint density at radius 1 is 1.55 bits per heavy atom. The molecule has 0 aliphatic heterocycles. The second kappa shape index (κ2) is 6.51. The van der Waals surface area contributed by atoms with E-state index in [1.807, 2.05) is 17.5 Å². The zero-order valence-electron chi connectivity index (χ0n) is 11.5. The Labute approximate surface area is 120 Å². The summed E-state index contributed by atoms with van der Waals surface area (Å²) in [5.41, 5.74) is 0. The molecule has 0 saturated carbocycles. The highest BCUT2D eigenvalue weighted by molar-refractivity contribution is 7.13. The average molecular weight is 295 g/mol. The zero-order valence-corrected chi connectivity index (χ0v) is 12.3. The minimum atomic E-state index is -0.618. The number of rotatable bonds is 6. The van der Waals surface area contributed by atoms with E-state index in [1.165, 1.54) is 11.3 Å². The molecule has 0 aliphatic carbocycles. The average Bonchev–Trinajstić information content (AvgIpc) is 2.99. The normalized spacial score (nSPS) is 10.9. The number of hydrogen-bond acceptors (Lipinski definition) is 5. The lowest BCUT2D eigenvalue weighted by atomic mass is 10.1. The van der Waals surface area contributed by atoms with Gasteiger partial charge in [0, 0.05) is 6.54 Å². The standard InChI is InChI=1S/C13H17N3O3S/c1-9(2)5-6-14-11(17)8-16-13(18)19-12(15-16)10-4-3-7-20-10/h3-4,7,9H,5-6,8H2,1-2H3,(H,14,17). The van der Waals surface area contributed by atoms with Crippen LogP contribution in [0.5, 0.6) is 0 Å².